The highest BCUT2D eigenvalue weighted by Gasteiger charge is 2.23. The number of nitrogens with zero attached hydrogens (tertiary/aromatic N) is 2. The first-order valence-corrected chi connectivity index (χ1v) is 11.3. The smallest absolute Gasteiger partial charge is 0.267 e. The van der Waals surface area contributed by atoms with E-state index in [1.165, 1.54) is 10.7 Å². The van der Waals surface area contributed by atoms with Crippen molar-refractivity contribution in [3.05, 3.63) is 65.7 Å². The van der Waals surface area contributed by atoms with E-state index in [1.807, 2.05) is 30.3 Å². The van der Waals surface area contributed by atoms with Gasteiger partial charge in [0.1, 0.15) is 0 Å². The fourth-order valence-corrected chi connectivity index (χ4v) is 4.18. The largest absolute Gasteiger partial charge is 0.273 e. The summed E-state index contributed by atoms with van der Waals surface area (Å²) in [6, 6.07) is 16.0. The van der Waals surface area contributed by atoms with Crippen LogP contribution in [0.5, 0.6) is 0 Å². The maximum atomic E-state index is 12.8. The summed E-state index contributed by atoms with van der Waals surface area (Å²) in [5.74, 6) is -0.407. The molecule has 1 aliphatic carbocycles. The van der Waals surface area contributed by atoms with Gasteiger partial charge in [-0.1, -0.05) is 48.9 Å². The number of para-hydroxylation sites is 1. The molecule has 6 nitrogen and oxygen atoms in total. The van der Waals surface area contributed by atoms with Crippen molar-refractivity contribution >= 4 is 27.3 Å². The number of sulfonamides is 1. The quantitative estimate of drug-likeness (QED) is 0.752. The van der Waals surface area contributed by atoms with Gasteiger partial charge in [0.05, 0.1) is 24.1 Å². The Morgan fingerprint density at radius 2 is 1.64 bits per heavy atom. The third-order valence-electron chi connectivity index (χ3n) is 4.73. The van der Waals surface area contributed by atoms with Crippen LogP contribution in [0.2, 0.25) is 0 Å². The van der Waals surface area contributed by atoms with Crippen LogP contribution >= 0.6 is 0 Å². The van der Waals surface area contributed by atoms with Gasteiger partial charge < -0.3 is 0 Å². The predicted octanol–water partition coefficient (Wildman–Crippen LogP) is 3.70. The summed E-state index contributed by atoms with van der Waals surface area (Å²) < 4.78 is 26.2. The van der Waals surface area contributed by atoms with Gasteiger partial charge in [0.2, 0.25) is 10.0 Å². The SMILES string of the molecule is CS(=O)(=O)N(Cc1ccccc1)c1ccccc1C(=O)NN=C1CCCCC1. The monoisotopic (exact) mass is 399 g/mol. The Hall–Kier alpha value is -2.67. The molecule has 0 atom stereocenters. The fraction of sp³-hybridized carbons (Fsp3) is 0.333. The van der Waals surface area contributed by atoms with Crippen LogP contribution < -0.4 is 9.73 Å². The first kappa shape index (κ1) is 20.1. The predicted molar refractivity (Wildman–Crippen MR) is 112 cm³/mol. The van der Waals surface area contributed by atoms with E-state index >= 15 is 0 Å². The Kier molecular flexibility index (Phi) is 6.46. The molecule has 0 aromatic heterocycles. The molecule has 1 aliphatic rings. The van der Waals surface area contributed by atoms with E-state index in [4.69, 9.17) is 0 Å². The molecular weight excluding hydrogens is 374 g/mol. The van der Waals surface area contributed by atoms with Gasteiger partial charge in [0, 0.05) is 5.71 Å². The molecule has 1 saturated carbocycles. The van der Waals surface area contributed by atoms with Crippen LogP contribution in [0, 0.1) is 0 Å². The summed E-state index contributed by atoms with van der Waals surface area (Å²) in [5.41, 5.74) is 5.06. The van der Waals surface area contributed by atoms with Crippen molar-refractivity contribution in [1.29, 1.82) is 0 Å². The van der Waals surface area contributed by atoms with E-state index in [9.17, 15) is 13.2 Å². The molecule has 0 radical (unpaired) electrons. The highest BCUT2D eigenvalue weighted by molar-refractivity contribution is 7.92. The van der Waals surface area contributed by atoms with Gasteiger partial charge in [-0.15, -0.1) is 0 Å². The highest BCUT2D eigenvalue weighted by Crippen LogP contribution is 2.25. The van der Waals surface area contributed by atoms with Crippen LogP contribution in [0.25, 0.3) is 0 Å². The molecule has 1 N–H and O–H groups in total. The number of hydrazone groups is 1. The number of benzene rings is 2. The summed E-state index contributed by atoms with van der Waals surface area (Å²) >= 11 is 0. The van der Waals surface area contributed by atoms with E-state index in [1.54, 1.807) is 24.3 Å². The number of anilines is 1. The van der Waals surface area contributed by atoms with Gasteiger partial charge in [-0.2, -0.15) is 5.10 Å². The zero-order valence-electron chi connectivity index (χ0n) is 16.0. The Labute approximate surface area is 166 Å². The second-order valence-electron chi connectivity index (χ2n) is 6.95. The third kappa shape index (κ3) is 5.19. The number of hydrogen-bond donors (Lipinski definition) is 1. The Morgan fingerprint density at radius 1 is 1.00 bits per heavy atom. The lowest BCUT2D eigenvalue weighted by Crippen LogP contribution is -2.32. The van der Waals surface area contributed by atoms with Crippen molar-refractivity contribution in [2.75, 3.05) is 10.6 Å². The molecule has 0 heterocycles. The first-order chi connectivity index (χ1) is 13.4. The molecule has 2 aromatic rings. The number of amides is 1. The molecule has 0 aliphatic heterocycles. The van der Waals surface area contributed by atoms with E-state index in [-0.39, 0.29) is 12.1 Å². The van der Waals surface area contributed by atoms with Gasteiger partial charge in [0.15, 0.2) is 0 Å². The second-order valence-corrected chi connectivity index (χ2v) is 8.86. The van der Waals surface area contributed by atoms with Crippen LogP contribution in [0.4, 0.5) is 5.69 Å². The van der Waals surface area contributed by atoms with E-state index in [2.05, 4.69) is 10.5 Å². The maximum Gasteiger partial charge on any atom is 0.273 e. The highest BCUT2D eigenvalue weighted by atomic mass is 32.2. The Morgan fingerprint density at radius 3 is 2.32 bits per heavy atom. The minimum Gasteiger partial charge on any atom is -0.267 e. The van der Waals surface area contributed by atoms with Crippen LogP contribution in [-0.4, -0.2) is 26.3 Å². The maximum absolute atomic E-state index is 12.8. The van der Waals surface area contributed by atoms with E-state index in [0.717, 1.165) is 43.2 Å². The Balaban J connectivity index is 1.88. The lowest BCUT2D eigenvalue weighted by Gasteiger charge is -2.24. The van der Waals surface area contributed by atoms with Crippen molar-refractivity contribution in [3.63, 3.8) is 0 Å². The average molecular weight is 400 g/mol. The molecule has 0 saturated heterocycles. The molecule has 2 aromatic carbocycles. The van der Waals surface area contributed by atoms with Crippen LogP contribution in [0.3, 0.4) is 0 Å². The van der Waals surface area contributed by atoms with E-state index in [0.29, 0.717) is 5.69 Å². The minimum atomic E-state index is -3.59. The molecule has 3 rings (SSSR count). The topological polar surface area (TPSA) is 78.8 Å². The van der Waals surface area contributed by atoms with Crippen molar-refractivity contribution in [1.82, 2.24) is 5.43 Å². The van der Waals surface area contributed by atoms with Crippen LogP contribution in [0.15, 0.2) is 59.7 Å². The fourth-order valence-electron chi connectivity index (χ4n) is 3.28. The van der Waals surface area contributed by atoms with Crippen molar-refractivity contribution in [3.8, 4) is 0 Å². The number of nitrogens with one attached hydrogen (secondary N) is 1. The Bertz CT molecular complexity index is 948. The number of carbonyl (C=O) groups is 1. The molecule has 1 fully saturated rings. The summed E-state index contributed by atoms with van der Waals surface area (Å²) in [6.07, 6.45) is 6.30. The standard InChI is InChI=1S/C21H25N3O3S/c1-28(26,27)24(16-17-10-4-2-5-11-17)20-15-9-8-14-19(20)21(25)23-22-18-12-6-3-7-13-18/h2,4-5,8-11,14-15H,3,6-7,12-13,16H2,1H3,(H,23,25). The van der Waals surface area contributed by atoms with Gasteiger partial charge in [-0.05, 0) is 43.4 Å². The van der Waals surface area contributed by atoms with Gasteiger partial charge >= 0.3 is 0 Å². The van der Waals surface area contributed by atoms with Crippen LogP contribution in [-0.2, 0) is 16.6 Å². The van der Waals surface area contributed by atoms with Crippen molar-refractivity contribution in [2.24, 2.45) is 5.10 Å². The third-order valence-corrected chi connectivity index (χ3v) is 5.86. The zero-order chi connectivity index (χ0) is 20.0. The molecule has 0 spiro atoms. The molecule has 1 amide bonds. The molecule has 148 valence electrons. The number of carbonyl (C=O) groups excluding carboxylic acids is 1. The second kappa shape index (κ2) is 9.01. The van der Waals surface area contributed by atoms with Crippen molar-refractivity contribution < 1.29 is 13.2 Å². The average Bonchev–Trinajstić information content (AvgIpc) is 2.71. The number of rotatable bonds is 6. The normalized spacial score (nSPS) is 14.4. The van der Waals surface area contributed by atoms with Gasteiger partial charge in [-0.3, -0.25) is 9.10 Å². The lowest BCUT2D eigenvalue weighted by molar-refractivity contribution is 0.0955. The summed E-state index contributed by atoms with van der Waals surface area (Å²) in [7, 11) is -3.59. The molecule has 28 heavy (non-hydrogen) atoms. The molecular formula is C21H25N3O3S. The lowest BCUT2D eigenvalue weighted by atomic mass is 9.99. The number of hydrogen-bond acceptors (Lipinski definition) is 4. The molecule has 7 heteroatoms. The van der Waals surface area contributed by atoms with Crippen molar-refractivity contribution in [2.45, 2.75) is 38.6 Å². The summed E-state index contributed by atoms with van der Waals surface area (Å²) in [6.45, 7) is 0.151. The molecule has 0 bridgehead atoms. The summed E-state index contributed by atoms with van der Waals surface area (Å²) in [4.78, 5) is 12.8. The van der Waals surface area contributed by atoms with Gasteiger partial charge in [0.25, 0.3) is 5.91 Å². The van der Waals surface area contributed by atoms with E-state index < -0.39 is 15.9 Å². The summed E-state index contributed by atoms with van der Waals surface area (Å²) in [5, 5.41) is 4.26. The van der Waals surface area contributed by atoms with Gasteiger partial charge in [-0.25, -0.2) is 13.8 Å². The van der Waals surface area contributed by atoms with Crippen LogP contribution in [0.1, 0.15) is 48.0 Å². The molecule has 0 unspecified atom stereocenters. The minimum absolute atomic E-state index is 0.151. The first-order valence-electron chi connectivity index (χ1n) is 9.41. The zero-order valence-corrected chi connectivity index (χ0v) is 16.8.